The summed E-state index contributed by atoms with van der Waals surface area (Å²) in [7, 11) is 1.46. The van der Waals surface area contributed by atoms with Crippen LogP contribution in [0.4, 0.5) is 0 Å². The number of carbonyl (C=O) groups is 1. The summed E-state index contributed by atoms with van der Waals surface area (Å²) >= 11 is 0. The summed E-state index contributed by atoms with van der Waals surface area (Å²) in [4.78, 5) is 26.7. The zero-order valence-electron chi connectivity index (χ0n) is 14.6. The lowest BCUT2D eigenvalue weighted by Crippen LogP contribution is -2.37. The molecule has 1 aromatic carbocycles. The minimum absolute atomic E-state index is 0.0101. The molecule has 1 amide bonds. The number of aromatic nitrogens is 1. The number of benzene rings is 1. The zero-order chi connectivity index (χ0) is 17.6. The molecule has 5 nitrogen and oxygen atoms in total. The molecule has 1 aliphatic rings. The van der Waals surface area contributed by atoms with Gasteiger partial charge in [-0.15, -0.1) is 0 Å². The number of amides is 1. The van der Waals surface area contributed by atoms with Gasteiger partial charge in [-0.05, 0) is 42.9 Å². The Hall–Kier alpha value is -2.56. The number of hydrogen-bond donors (Lipinski definition) is 0. The molecule has 1 aromatic heterocycles. The normalized spacial score (nSPS) is 17.8. The van der Waals surface area contributed by atoms with Gasteiger partial charge in [-0.25, -0.2) is 0 Å². The lowest BCUT2D eigenvalue weighted by atomic mass is 9.92. The second-order valence-electron chi connectivity index (χ2n) is 6.43. The highest BCUT2D eigenvalue weighted by molar-refractivity contribution is 5.76. The first-order chi connectivity index (χ1) is 12.2. The molecule has 0 N–H and O–H groups in total. The van der Waals surface area contributed by atoms with Crippen LogP contribution >= 0.6 is 0 Å². The van der Waals surface area contributed by atoms with Crippen LogP contribution in [0.25, 0.3) is 0 Å². The Bertz CT molecular complexity index is 770. The molecule has 25 heavy (non-hydrogen) atoms. The number of likely N-dealkylation sites (tertiary alicyclic amines) is 1. The van der Waals surface area contributed by atoms with E-state index in [1.807, 2.05) is 11.0 Å². The van der Waals surface area contributed by atoms with Gasteiger partial charge in [0.05, 0.1) is 7.11 Å². The molecule has 1 unspecified atom stereocenters. The van der Waals surface area contributed by atoms with Crippen molar-refractivity contribution in [2.24, 2.45) is 0 Å². The molecule has 2 heterocycles. The lowest BCUT2D eigenvalue weighted by molar-refractivity contribution is -0.131. The molecule has 0 saturated carbocycles. The third-order valence-corrected chi connectivity index (χ3v) is 4.86. The lowest BCUT2D eigenvalue weighted by Gasteiger charge is -2.21. The second-order valence-corrected chi connectivity index (χ2v) is 6.43. The molecular formula is C20H24N2O3. The Morgan fingerprint density at radius 3 is 2.68 bits per heavy atom. The van der Waals surface area contributed by atoms with E-state index in [0.717, 1.165) is 32.4 Å². The Morgan fingerprint density at radius 1 is 1.12 bits per heavy atom. The number of methoxy groups -OCH3 is 1. The van der Waals surface area contributed by atoms with Gasteiger partial charge < -0.3 is 14.2 Å². The van der Waals surface area contributed by atoms with Gasteiger partial charge >= 0.3 is 0 Å². The highest BCUT2D eigenvalue weighted by Crippen LogP contribution is 2.27. The standard InChI is InChI=1S/C20H24N2O3/c1-25-18-10-6-13-22(20(18)24)15-19(23)21-12-5-9-17(11-14-21)16-7-3-2-4-8-16/h2-4,6-8,10,13,17H,5,9,11-12,14-15H2,1H3. The van der Waals surface area contributed by atoms with E-state index in [1.54, 1.807) is 18.3 Å². The topological polar surface area (TPSA) is 51.5 Å². The van der Waals surface area contributed by atoms with Crippen molar-refractivity contribution in [3.63, 3.8) is 0 Å². The molecule has 2 aromatic rings. The Balaban J connectivity index is 1.65. The fourth-order valence-electron chi connectivity index (χ4n) is 3.44. The Kier molecular flexibility index (Phi) is 5.53. The molecule has 0 radical (unpaired) electrons. The fraction of sp³-hybridized carbons (Fsp3) is 0.400. The molecular weight excluding hydrogens is 316 g/mol. The fourth-order valence-corrected chi connectivity index (χ4v) is 3.44. The van der Waals surface area contributed by atoms with Crippen molar-refractivity contribution in [3.8, 4) is 5.75 Å². The van der Waals surface area contributed by atoms with Crippen molar-refractivity contribution < 1.29 is 9.53 Å². The zero-order valence-corrected chi connectivity index (χ0v) is 14.6. The van der Waals surface area contributed by atoms with Gasteiger partial charge in [-0.1, -0.05) is 30.3 Å². The third kappa shape index (κ3) is 4.10. The molecule has 1 aliphatic heterocycles. The first-order valence-corrected chi connectivity index (χ1v) is 8.75. The molecule has 1 fully saturated rings. The van der Waals surface area contributed by atoms with E-state index in [2.05, 4.69) is 24.3 Å². The number of ether oxygens (including phenoxy) is 1. The quantitative estimate of drug-likeness (QED) is 0.860. The van der Waals surface area contributed by atoms with Crippen LogP contribution in [0, 0.1) is 0 Å². The molecule has 0 bridgehead atoms. The monoisotopic (exact) mass is 340 g/mol. The summed E-state index contributed by atoms with van der Waals surface area (Å²) in [5, 5.41) is 0. The number of hydrogen-bond acceptors (Lipinski definition) is 3. The summed E-state index contributed by atoms with van der Waals surface area (Å²) in [5.74, 6) is 0.748. The van der Waals surface area contributed by atoms with Gasteiger partial charge in [0.1, 0.15) is 6.54 Å². The number of rotatable bonds is 4. The van der Waals surface area contributed by atoms with Gasteiger partial charge in [0, 0.05) is 19.3 Å². The van der Waals surface area contributed by atoms with Gasteiger partial charge in [0.25, 0.3) is 5.56 Å². The summed E-state index contributed by atoms with van der Waals surface area (Å²) < 4.78 is 6.45. The van der Waals surface area contributed by atoms with Crippen molar-refractivity contribution in [1.29, 1.82) is 0 Å². The minimum Gasteiger partial charge on any atom is -0.491 e. The number of pyridine rings is 1. The van der Waals surface area contributed by atoms with E-state index in [9.17, 15) is 9.59 Å². The Labute approximate surface area is 147 Å². The largest absolute Gasteiger partial charge is 0.491 e. The molecule has 1 saturated heterocycles. The van der Waals surface area contributed by atoms with E-state index in [4.69, 9.17) is 4.74 Å². The molecule has 3 rings (SSSR count). The van der Waals surface area contributed by atoms with E-state index < -0.39 is 0 Å². The predicted octanol–water partition coefficient (Wildman–Crippen LogP) is 2.65. The highest BCUT2D eigenvalue weighted by atomic mass is 16.5. The van der Waals surface area contributed by atoms with Gasteiger partial charge in [0.15, 0.2) is 5.75 Å². The van der Waals surface area contributed by atoms with Crippen LogP contribution in [-0.4, -0.2) is 35.6 Å². The highest BCUT2D eigenvalue weighted by Gasteiger charge is 2.22. The molecule has 0 aliphatic carbocycles. The average Bonchev–Trinajstić information content (AvgIpc) is 2.90. The third-order valence-electron chi connectivity index (χ3n) is 4.86. The second kappa shape index (κ2) is 8.01. The number of nitrogens with zero attached hydrogens (tertiary/aromatic N) is 2. The summed E-state index contributed by atoms with van der Waals surface area (Å²) in [5.41, 5.74) is 1.08. The summed E-state index contributed by atoms with van der Waals surface area (Å²) in [6.45, 7) is 1.55. The van der Waals surface area contributed by atoms with E-state index in [0.29, 0.717) is 5.92 Å². The molecule has 132 valence electrons. The molecule has 1 atom stereocenters. The minimum atomic E-state index is -0.268. The molecule has 5 heteroatoms. The van der Waals surface area contributed by atoms with Gasteiger partial charge in [-0.3, -0.25) is 9.59 Å². The van der Waals surface area contributed by atoms with Gasteiger partial charge in [-0.2, -0.15) is 0 Å². The molecule has 0 spiro atoms. The van der Waals surface area contributed by atoms with Crippen LogP contribution in [-0.2, 0) is 11.3 Å². The SMILES string of the molecule is COc1cccn(CC(=O)N2CCCC(c3ccccc3)CC2)c1=O. The van der Waals surface area contributed by atoms with Crippen molar-refractivity contribution in [2.45, 2.75) is 31.7 Å². The predicted molar refractivity (Wildman–Crippen MR) is 96.9 cm³/mol. The van der Waals surface area contributed by atoms with Crippen molar-refractivity contribution in [1.82, 2.24) is 9.47 Å². The maximum absolute atomic E-state index is 12.6. The Morgan fingerprint density at radius 2 is 1.92 bits per heavy atom. The van der Waals surface area contributed by atoms with Crippen molar-refractivity contribution >= 4 is 5.91 Å². The van der Waals surface area contributed by atoms with E-state index in [-0.39, 0.29) is 23.8 Å². The van der Waals surface area contributed by atoms with E-state index in [1.165, 1.54) is 17.2 Å². The van der Waals surface area contributed by atoms with Crippen LogP contribution < -0.4 is 10.3 Å². The number of carbonyl (C=O) groups excluding carboxylic acids is 1. The van der Waals surface area contributed by atoms with Crippen molar-refractivity contribution in [3.05, 3.63) is 64.6 Å². The maximum Gasteiger partial charge on any atom is 0.293 e. The van der Waals surface area contributed by atoms with Crippen LogP contribution in [0.5, 0.6) is 5.75 Å². The summed E-state index contributed by atoms with van der Waals surface area (Å²) in [6.07, 6.45) is 4.67. The summed E-state index contributed by atoms with van der Waals surface area (Å²) in [6, 6.07) is 13.8. The average molecular weight is 340 g/mol. The van der Waals surface area contributed by atoms with Crippen molar-refractivity contribution in [2.75, 3.05) is 20.2 Å². The smallest absolute Gasteiger partial charge is 0.293 e. The first kappa shape index (κ1) is 17.3. The van der Waals surface area contributed by atoms with Crippen LogP contribution in [0.15, 0.2) is 53.5 Å². The van der Waals surface area contributed by atoms with Crippen LogP contribution in [0.3, 0.4) is 0 Å². The van der Waals surface area contributed by atoms with Crippen LogP contribution in [0.1, 0.15) is 30.7 Å². The van der Waals surface area contributed by atoms with Crippen LogP contribution in [0.2, 0.25) is 0 Å². The first-order valence-electron chi connectivity index (χ1n) is 8.75. The maximum atomic E-state index is 12.6. The van der Waals surface area contributed by atoms with E-state index >= 15 is 0 Å². The van der Waals surface area contributed by atoms with Gasteiger partial charge in [0.2, 0.25) is 5.91 Å².